The third-order valence-corrected chi connectivity index (χ3v) is 2.48. The highest BCUT2D eigenvalue weighted by Crippen LogP contribution is 2.13. The maximum Gasteiger partial charge on any atom is 0.250 e. The molecule has 0 bridgehead atoms. The van der Waals surface area contributed by atoms with Crippen molar-refractivity contribution in [2.24, 2.45) is 0 Å². The first-order valence-corrected chi connectivity index (χ1v) is 5.32. The normalized spacial score (nSPS) is 10.2. The van der Waals surface area contributed by atoms with Crippen LogP contribution in [0.5, 0.6) is 0 Å². The lowest BCUT2D eigenvalue weighted by atomic mass is 10.1. The Bertz CT molecular complexity index is 522. The van der Waals surface area contributed by atoms with Gasteiger partial charge in [0.05, 0.1) is 0 Å². The van der Waals surface area contributed by atoms with Gasteiger partial charge in [0.25, 0.3) is 5.56 Å². The molecule has 0 spiro atoms. The third-order valence-electron chi connectivity index (χ3n) is 1.98. The molecule has 3 nitrogen and oxygen atoms in total. The van der Waals surface area contributed by atoms with Gasteiger partial charge in [-0.05, 0) is 17.7 Å². The zero-order valence-electron chi connectivity index (χ0n) is 7.90. The third kappa shape index (κ3) is 2.76. The number of aromatic nitrogens is 2. The van der Waals surface area contributed by atoms with E-state index in [0.717, 1.165) is 10.0 Å². The topological polar surface area (TPSA) is 45.8 Å². The molecule has 1 aromatic heterocycles. The van der Waals surface area contributed by atoms with Gasteiger partial charge in [-0.25, -0.2) is 4.98 Å². The molecular weight excluding hydrogens is 256 g/mol. The van der Waals surface area contributed by atoms with Crippen LogP contribution in [0.15, 0.2) is 45.8 Å². The van der Waals surface area contributed by atoms with E-state index in [0.29, 0.717) is 12.2 Å². The van der Waals surface area contributed by atoms with E-state index in [2.05, 4.69) is 25.9 Å². The van der Waals surface area contributed by atoms with Crippen molar-refractivity contribution in [1.29, 1.82) is 0 Å². The molecule has 15 heavy (non-hydrogen) atoms. The molecule has 0 saturated carbocycles. The molecule has 0 radical (unpaired) electrons. The lowest BCUT2D eigenvalue weighted by Crippen LogP contribution is -2.09. The van der Waals surface area contributed by atoms with Crippen molar-refractivity contribution in [2.45, 2.75) is 6.42 Å². The average molecular weight is 265 g/mol. The second-order valence-electron chi connectivity index (χ2n) is 3.19. The Morgan fingerprint density at radius 3 is 2.93 bits per heavy atom. The van der Waals surface area contributed by atoms with Gasteiger partial charge in [-0.15, -0.1) is 0 Å². The summed E-state index contributed by atoms with van der Waals surface area (Å²) in [5.41, 5.74) is 0.994. The Morgan fingerprint density at radius 1 is 1.33 bits per heavy atom. The first-order chi connectivity index (χ1) is 7.24. The van der Waals surface area contributed by atoms with Crippen molar-refractivity contribution in [1.82, 2.24) is 9.97 Å². The number of rotatable bonds is 2. The van der Waals surface area contributed by atoms with E-state index < -0.39 is 0 Å². The molecule has 0 atom stereocenters. The molecule has 2 aromatic rings. The minimum Gasteiger partial charge on any atom is -0.310 e. The SMILES string of the molecule is O=c1ccnc(Cc2cccc(Br)c2)[nH]1. The minimum absolute atomic E-state index is 0.116. The number of benzene rings is 1. The van der Waals surface area contributed by atoms with Crippen LogP contribution in [0.3, 0.4) is 0 Å². The van der Waals surface area contributed by atoms with Gasteiger partial charge in [-0.1, -0.05) is 28.1 Å². The summed E-state index contributed by atoms with van der Waals surface area (Å²) in [7, 11) is 0. The predicted molar refractivity (Wildman–Crippen MR) is 61.8 cm³/mol. The number of halogens is 1. The zero-order chi connectivity index (χ0) is 10.7. The lowest BCUT2D eigenvalue weighted by Gasteiger charge is -2.00. The summed E-state index contributed by atoms with van der Waals surface area (Å²) in [4.78, 5) is 17.8. The van der Waals surface area contributed by atoms with Gasteiger partial charge >= 0.3 is 0 Å². The Morgan fingerprint density at radius 2 is 2.20 bits per heavy atom. The fourth-order valence-electron chi connectivity index (χ4n) is 1.34. The first-order valence-electron chi connectivity index (χ1n) is 4.53. The fraction of sp³-hybridized carbons (Fsp3) is 0.0909. The summed E-state index contributed by atoms with van der Waals surface area (Å²) in [6, 6.07) is 9.33. The average Bonchev–Trinajstić information content (AvgIpc) is 2.17. The predicted octanol–water partition coefficient (Wildman–Crippen LogP) is 2.12. The van der Waals surface area contributed by atoms with Crippen LogP contribution in [0.1, 0.15) is 11.4 Å². The highest BCUT2D eigenvalue weighted by Gasteiger charge is 1.98. The summed E-state index contributed by atoms with van der Waals surface area (Å²) >= 11 is 3.40. The van der Waals surface area contributed by atoms with Crippen LogP contribution >= 0.6 is 15.9 Å². The molecule has 0 amide bonds. The van der Waals surface area contributed by atoms with Gasteiger partial charge in [-0.3, -0.25) is 4.79 Å². The van der Waals surface area contributed by atoms with Crippen LogP contribution in [0.4, 0.5) is 0 Å². The number of nitrogens with one attached hydrogen (secondary N) is 1. The van der Waals surface area contributed by atoms with Crippen molar-refractivity contribution in [2.75, 3.05) is 0 Å². The summed E-state index contributed by atoms with van der Waals surface area (Å²) in [5.74, 6) is 0.681. The zero-order valence-corrected chi connectivity index (χ0v) is 9.49. The van der Waals surface area contributed by atoms with Crippen LogP contribution in [0.25, 0.3) is 0 Å². The molecule has 1 aromatic carbocycles. The molecule has 0 aliphatic heterocycles. The first kappa shape index (κ1) is 10.1. The van der Waals surface area contributed by atoms with Gasteiger partial charge in [0.15, 0.2) is 0 Å². The van der Waals surface area contributed by atoms with Crippen LogP contribution in [0.2, 0.25) is 0 Å². The highest BCUT2D eigenvalue weighted by molar-refractivity contribution is 9.10. The Hall–Kier alpha value is -1.42. The van der Waals surface area contributed by atoms with Crippen molar-refractivity contribution < 1.29 is 0 Å². The van der Waals surface area contributed by atoms with Crippen molar-refractivity contribution in [3.8, 4) is 0 Å². The Kier molecular flexibility index (Phi) is 2.97. The molecule has 0 unspecified atom stereocenters. The smallest absolute Gasteiger partial charge is 0.250 e. The second kappa shape index (κ2) is 4.40. The number of nitrogens with zero attached hydrogens (tertiary/aromatic N) is 1. The maximum atomic E-state index is 11.0. The van der Waals surface area contributed by atoms with E-state index in [-0.39, 0.29) is 5.56 Å². The molecule has 0 fully saturated rings. The maximum absolute atomic E-state index is 11.0. The van der Waals surface area contributed by atoms with Crippen molar-refractivity contribution in [3.05, 3.63) is 62.7 Å². The molecule has 76 valence electrons. The van der Waals surface area contributed by atoms with E-state index in [1.807, 2.05) is 24.3 Å². The van der Waals surface area contributed by atoms with Gasteiger partial charge in [0, 0.05) is 23.2 Å². The summed E-state index contributed by atoms with van der Waals surface area (Å²) in [5, 5.41) is 0. The lowest BCUT2D eigenvalue weighted by molar-refractivity contribution is 0.945. The molecule has 0 aliphatic rings. The van der Waals surface area contributed by atoms with E-state index in [1.165, 1.54) is 12.3 Å². The van der Waals surface area contributed by atoms with Gasteiger partial charge in [0.1, 0.15) is 5.82 Å². The van der Waals surface area contributed by atoms with E-state index in [4.69, 9.17) is 0 Å². The molecule has 0 saturated heterocycles. The van der Waals surface area contributed by atoms with Crippen LogP contribution in [0, 0.1) is 0 Å². The van der Waals surface area contributed by atoms with Gasteiger partial charge in [-0.2, -0.15) is 0 Å². The van der Waals surface area contributed by atoms with Crippen LogP contribution in [-0.2, 0) is 6.42 Å². The molecule has 1 heterocycles. The fourth-order valence-corrected chi connectivity index (χ4v) is 1.79. The summed E-state index contributed by atoms with van der Waals surface area (Å²) in [6.07, 6.45) is 2.15. The van der Waals surface area contributed by atoms with E-state index in [9.17, 15) is 4.79 Å². The molecular formula is C11H9BrN2O. The number of H-pyrrole nitrogens is 1. The van der Waals surface area contributed by atoms with Crippen LogP contribution < -0.4 is 5.56 Å². The highest BCUT2D eigenvalue weighted by atomic mass is 79.9. The van der Waals surface area contributed by atoms with Crippen molar-refractivity contribution in [3.63, 3.8) is 0 Å². The molecule has 4 heteroatoms. The molecule has 2 rings (SSSR count). The monoisotopic (exact) mass is 264 g/mol. The summed E-state index contributed by atoms with van der Waals surface area (Å²) in [6.45, 7) is 0. The Labute approximate surface area is 95.3 Å². The largest absolute Gasteiger partial charge is 0.310 e. The quantitative estimate of drug-likeness (QED) is 0.904. The molecule has 1 N–H and O–H groups in total. The number of hydrogen-bond donors (Lipinski definition) is 1. The second-order valence-corrected chi connectivity index (χ2v) is 4.10. The Balaban J connectivity index is 2.26. The van der Waals surface area contributed by atoms with Gasteiger partial charge in [0.2, 0.25) is 0 Å². The van der Waals surface area contributed by atoms with Gasteiger partial charge < -0.3 is 4.98 Å². The minimum atomic E-state index is -0.116. The number of hydrogen-bond acceptors (Lipinski definition) is 2. The standard InChI is InChI=1S/C11H9BrN2O/c12-9-3-1-2-8(6-9)7-10-13-5-4-11(15)14-10/h1-6H,7H2,(H,13,14,15). The van der Waals surface area contributed by atoms with Crippen LogP contribution in [-0.4, -0.2) is 9.97 Å². The van der Waals surface area contributed by atoms with E-state index in [1.54, 1.807) is 0 Å². The number of aromatic amines is 1. The molecule has 0 aliphatic carbocycles. The van der Waals surface area contributed by atoms with Crippen molar-refractivity contribution >= 4 is 15.9 Å². The summed E-state index contributed by atoms with van der Waals surface area (Å²) < 4.78 is 1.03. The van der Waals surface area contributed by atoms with E-state index >= 15 is 0 Å².